The molecule has 3 atom stereocenters. The molecule has 1 fully saturated rings. The summed E-state index contributed by atoms with van der Waals surface area (Å²) in [5.74, 6) is -1.69. The Morgan fingerprint density at radius 2 is 2.26 bits per heavy atom. The maximum Gasteiger partial charge on any atom is 0.351 e. The van der Waals surface area contributed by atoms with Gasteiger partial charge in [0.2, 0.25) is 5.60 Å². The maximum absolute atomic E-state index is 12.4. The topological polar surface area (TPSA) is 76.4 Å². The van der Waals surface area contributed by atoms with Crippen LogP contribution in [0.4, 0.5) is 0 Å². The molecule has 0 bridgehead atoms. The normalized spacial score (nSPS) is 31.1. The summed E-state index contributed by atoms with van der Waals surface area (Å²) in [7, 11) is 1.25. The molecule has 0 N–H and O–H groups in total. The second-order valence-corrected chi connectivity index (χ2v) is 4.76. The summed E-state index contributed by atoms with van der Waals surface area (Å²) in [5, 5.41) is 9.05. The fraction of sp³-hybridized carbons (Fsp3) is 0.357. The van der Waals surface area contributed by atoms with Gasteiger partial charge in [0.25, 0.3) is 0 Å². The third-order valence-corrected chi connectivity index (χ3v) is 3.85. The Morgan fingerprint density at radius 3 is 2.95 bits per heavy atom. The number of nitrogens with zero attached hydrogens (tertiary/aromatic N) is 1. The van der Waals surface area contributed by atoms with Gasteiger partial charge in [-0.05, 0) is 12.1 Å². The highest BCUT2D eigenvalue weighted by molar-refractivity contribution is 6.07. The fourth-order valence-corrected chi connectivity index (χ4v) is 2.90. The van der Waals surface area contributed by atoms with Crippen molar-refractivity contribution in [3.8, 4) is 11.8 Å². The van der Waals surface area contributed by atoms with E-state index in [-0.39, 0.29) is 12.2 Å². The molecule has 1 aromatic carbocycles. The molecule has 5 nitrogen and oxygen atoms in total. The van der Waals surface area contributed by atoms with E-state index in [4.69, 9.17) is 14.7 Å². The number of methoxy groups -OCH3 is 1. The van der Waals surface area contributed by atoms with E-state index in [2.05, 4.69) is 6.07 Å². The van der Waals surface area contributed by atoms with Crippen LogP contribution in [0, 0.1) is 23.2 Å². The van der Waals surface area contributed by atoms with Crippen molar-refractivity contribution in [2.45, 2.75) is 12.0 Å². The minimum atomic E-state index is -1.32. The van der Waals surface area contributed by atoms with Crippen molar-refractivity contribution in [2.24, 2.45) is 11.8 Å². The summed E-state index contributed by atoms with van der Waals surface area (Å²) >= 11 is 0. The number of carbonyl (C=O) groups excluding carboxylic acids is 2. The van der Waals surface area contributed by atoms with E-state index in [1.165, 1.54) is 7.11 Å². The molecule has 1 aliphatic heterocycles. The number of rotatable bonds is 1. The third kappa shape index (κ3) is 1.34. The third-order valence-electron chi connectivity index (χ3n) is 3.85. The van der Waals surface area contributed by atoms with Crippen LogP contribution < -0.4 is 4.74 Å². The van der Waals surface area contributed by atoms with E-state index in [1.54, 1.807) is 24.3 Å². The van der Waals surface area contributed by atoms with Crippen LogP contribution in [-0.4, -0.2) is 24.5 Å². The summed E-state index contributed by atoms with van der Waals surface area (Å²) in [6, 6.07) is 8.81. The molecule has 0 amide bonds. The van der Waals surface area contributed by atoms with Gasteiger partial charge in [-0.1, -0.05) is 12.1 Å². The van der Waals surface area contributed by atoms with Gasteiger partial charge in [0.05, 0.1) is 30.6 Å². The smallest absolute Gasteiger partial charge is 0.351 e. The molecule has 19 heavy (non-hydrogen) atoms. The van der Waals surface area contributed by atoms with E-state index in [9.17, 15) is 9.59 Å². The molecule has 0 spiro atoms. The molecule has 0 aromatic heterocycles. The Kier molecular flexibility index (Phi) is 2.36. The van der Waals surface area contributed by atoms with Gasteiger partial charge in [0, 0.05) is 6.42 Å². The highest BCUT2D eigenvalue weighted by Gasteiger charge is 2.67. The average molecular weight is 257 g/mol. The number of fused-ring (bicyclic) bond motifs is 2. The number of benzene rings is 1. The Morgan fingerprint density at radius 1 is 1.53 bits per heavy atom. The van der Waals surface area contributed by atoms with Gasteiger partial charge in [-0.15, -0.1) is 0 Å². The molecule has 0 saturated heterocycles. The summed E-state index contributed by atoms with van der Waals surface area (Å²) < 4.78 is 10.5. The highest BCUT2D eigenvalue weighted by Crippen LogP contribution is 2.52. The lowest BCUT2D eigenvalue weighted by Crippen LogP contribution is -2.67. The van der Waals surface area contributed by atoms with Crippen LogP contribution >= 0.6 is 0 Å². The van der Waals surface area contributed by atoms with E-state index in [1.807, 2.05) is 0 Å². The van der Waals surface area contributed by atoms with E-state index in [0.717, 1.165) is 0 Å². The molecule has 3 unspecified atom stereocenters. The quantitative estimate of drug-likeness (QED) is 0.709. The van der Waals surface area contributed by atoms with Gasteiger partial charge in [-0.3, -0.25) is 4.79 Å². The molecule has 3 rings (SSSR count). The molecule has 0 radical (unpaired) electrons. The Balaban J connectivity index is 2.11. The summed E-state index contributed by atoms with van der Waals surface area (Å²) in [6.45, 7) is 0. The summed E-state index contributed by atoms with van der Waals surface area (Å²) in [4.78, 5) is 24.4. The molecule has 5 heteroatoms. The predicted octanol–water partition coefficient (Wildman–Crippen LogP) is 1.33. The summed E-state index contributed by atoms with van der Waals surface area (Å²) in [5.41, 5.74) is -0.896. The van der Waals surface area contributed by atoms with Crippen molar-refractivity contribution < 1.29 is 19.1 Å². The van der Waals surface area contributed by atoms with Gasteiger partial charge in [0.1, 0.15) is 5.75 Å². The zero-order chi connectivity index (χ0) is 13.6. The predicted molar refractivity (Wildman–Crippen MR) is 63.4 cm³/mol. The maximum atomic E-state index is 12.4. The van der Waals surface area contributed by atoms with E-state index >= 15 is 0 Å². The minimum absolute atomic E-state index is 0.195. The molecule has 1 aliphatic carbocycles. The van der Waals surface area contributed by atoms with Crippen LogP contribution in [-0.2, 0) is 9.53 Å². The van der Waals surface area contributed by atoms with Crippen LogP contribution in [0.3, 0.4) is 0 Å². The van der Waals surface area contributed by atoms with Crippen LogP contribution in [0.15, 0.2) is 24.3 Å². The number of ether oxygens (including phenoxy) is 2. The zero-order valence-electron chi connectivity index (χ0n) is 10.3. The second kappa shape index (κ2) is 3.82. The van der Waals surface area contributed by atoms with Crippen molar-refractivity contribution in [1.29, 1.82) is 5.26 Å². The first-order valence-corrected chi connectivity index (χ1v) is 5.94. The van der Waals surface area contributed by atoms with Crippen LogP contribution in [0.25, 0.3) is 0 Å². The first-order valence-electron chi connectivity index (χ1n) is 5.94. The molecule has 96 valence electrons. The van der Waals surface area contributed by atoms with E-state index < -0.39 is 23.4 Å². The number of nitriles is 1. The van der Waals surface area contributed by atoms with Crippen molar-refractivity contribution in [1.82, 2.24) is 0 Å². The molecular weight excluding hydrogens is 246 g/mol. The average Bonchev–Trinajstić information content (AvgIpc) is 2.41. The van der Waals surface area contributed by atoms with E-state index in [0.29, 0.717) is 11.3 Å². The lowest BCUT2D eigenvalue weighted by molar-refractivity contribution is -0.179. The van der Waals surface area contributed by atoms with Crippen molar-refractivity contribution in [2.75, 3.05) is 7.11 Å². The minimum Gasteiger partial charge on any atom is -0.474 e. The first-order chi connectivity index (χ1) is 9.14. The molecule has 1 heterocycles. The van der Waals surface area contributed by atoms with Gasteiger partial charge < -0.3 is 9.47 Å². The Bertz CT molecular complexity index is 618. The largest absolute Gasteiger partial charge is 0.474 e. The second-order valence-electron chi connectivity index (χ2n) is 4.76. The Labute approximate surface area is 109 Å². The molecule has 1 aromatic rings. The van der Waals surface area contributed by atoms with Crippen molar-refractivity contribution in [3.05, 3.63) is 29.8 Å². The number of Topliss-reactive ketones (excluding diaryl/α,β-unsaturated/α-hetero) is 1. The zero-order valence-corrected chi connectivity index (χ0v) is 10.3. The lowest BCUT2D eigenvalue weighted by atomic mass is 9.57. The highest BCUT2D eigenvalue weighted by atomic mass is 16.6. The number of hydrogen-bond donors (Lipinski definition) is 0. The van der Waals surface area contributed by atoms with Crippen LogP contribution in [0.2, 0.25) is 0 Å². The Hall–Kier alpha value is -2.35. The van der Waals surface area contributed by atoms with Gasteiger partial charge in [-0.2, -0.15) is 5.26 Å². The van der Waals surface area contributed by atoms with Crippen molar-refractivity contribution >= 4 is 11.8 Å². The fourth-order valence-electron chi connectivity index (χ4n) is 2.90. The molecular formula is C14H11NO4. The van der Waals surface area contributed by atoms with Gasteiger partial charge in [0.15, 0.2) is 5.78 Å². The SMILES string of the molecule is COC(=O)C12CC(C#N)C1C(=O)c1ccccc1O2. The number of hydrogen-bond acceptors (Lipinski definition) is 5. The van der Waals surface area contributed by atoms with Crippen LogP contribution in [0.1, 0.15) is 16.8 Å². The van der Waals surface area contributed by atoms with Crippen molar-refractivity contribution in [3.63, 3.8) is 0 Å². The summed E-state index contributed by atoms with van der Waals surface area (Å²) in [6.07, 6.45) is 0.195. The number of ketones is 1. The first kappa shape index (κ1) is 11.7. The molecule has 2 aliphatic rings. The number of carbonyl (C=O) groups is 2. The molecule has 1 saturated carbocycles. The van der Waals surface area contributed by atoms with Gasteiger partial charge >= 0.3 is 5.97 Å². The lowest BCUT2D eigenvalue weighted by Gasteiger charge is -2.51. The van der Waals surface area contributed by atoms with Gasteiger partial charge in [-0.25, -0.2) is 4.79 Å². The monoisotopic (exact) mass is 257 g/mol. The number of para-hydroxylation sites is 1. The number of esters is 1. The standard InChI is InChI=1S/C14H11NO4/c1-18-13(17)14-6-8(7-15)11(14)12(16)9-4-2-3-5-10(9)19-14/h2-5,8,11H,6H2,1H3. The van der Waals surface area contributed by atoms with Crippen LogP contribution in [0.5, 0.6) is 5.75 Å².